The Morgan fingerprint density at radius 1 is 0.392 bits per heavy atom. The van der Waals surface area contributed by atoms with E-state index in [1.165, 1.54) is 89.9 Å². The lowest BCUT2D eigenvalue weighted by molar-refractivity contribution is 0.0347. The zero-order valence-electron chi connectivity index (χ0n) is 50.9. The molecule has 0 saturated heterocycles. The van der Waals surface area contributed by atoms with E-state index in [-0.39, 0.29) is 44.1 Å². The molecule has 7 saturated carbocycles. The van der Waals surface area contributed by atoms with Crippen molar-refractivity contribution in [3.05, 3.63) is 0 Å². The highest BCUT2D eigenvalue weighted by molar-refractivity contribution is 9.29. The van der Waals surface area contributed by atoms with Crippen LogP contribution in [0.25, 0.3) is 0 Å². The second-order valence-electron chi connectivity index (χ2n) is 23.9. The van der Waals surface area contributed by atoms with Gasteiger partial charge in [0.1, 0.15) is 13.1 Å². The van der Waals surface area contributed by atoms with E-state index in [1.54, 1.807) is 0 Å². The van der Waals surface area contributed by atoms with Gasteiger partial charge in [-0.1, -0.05) is 112 Å². The molecule has 0 aromatic heterocycles. The fourth-order valence-corrected chi connectivity index (χ4v) is 63.9. The highest BCUT2D eigenvalue weighted by Crippen LogP contribution is 2.78. The van der Waals surface area contributed by atoms with Crippen LogP contribution in [0, 0.1) is 39.4 Å². The number of hydrogen-bond donors (Lipinski definition) is 0. The van der Waals surface area contributed by atoms with Gasteiger partial charge >= 0.3 is 26.4 Å². The van der Waals surface area contributed by atoms with E-state index in [9.17, 15) is 0 Å². The SMILES string of the molecule is CCO[Si](OCC)(OCC)C1(SSSSC(SSSSC2([Si](OCC)(OCC)OCC)CC3CCC2(CC)C3)C(C)(SSSSC2([Si](OCC)(OCC)OCC)CC3CCC2(CC)C3)C2(C)CCCCC2)CC2CCC1(CC)C2. The highest BCUT2D eigenvalue weighted by Gasteiger charge is 2.78. The van der Waals surface area contributed by atoms with Crippen molar-refractivity contribution >= 4 is 150 Å². The van der Waals surface area contributed by atoms with Gasteiger partial charge < -0.3 is 39.8 Å². The Balaban J connectivity index is 1.22. The van der Waals surface area contributed by atoms with Crippen LogP contribution in [0.15, 0.2) is 0 Å². The maximum Gasteiger partial charge on any atom is 0.519 e. The lowest BCUT2D eigenvalue weighted by atomic mass is 9.68. The van der Waals surface area contributed by atoms with Gasteiger partial charge in [-0.15, -0.1) is 0 Å². The first kappa shape index (κ1) is 70.9. The molecule has 0 radical (unpaired) electrons. The van der Waals surface area contributed by atoms with E-state index in [1.807, 2.05) is 59.0 Å². The molecule has 0 aromatic carbocycles. The Bertz CT molecular complexity index is 1760. The van der Waals surface area contributed by atoms with Crippen molar-refractivity contribution in [2.75, 3.05) is 59.5 Å². The zero-order chi connectivity index (χ0) is 57.2. The lowest BCUT2D eigenvalue weighted by Crippen LogP contribution is -2.68. The molecule has 462 valence electrons. The lowest BCUT2D eigenvalue weighted by Gasteiger charge is -2.53. The van der Waals surface area contributed by atoms with Crippen molar-refractivity contribution in [3.63, 3.8) is 0 Å². The molecule has 7 aliphatic rings. The quantitative estimate of drug-likeness (QED) is 0.0252. The molecule has 0 aliphatic heterocycles. The summed E-state index contributed by atoms with van der Waals surface area (Å²) in [5.74, 6) is 2.09. The standard InChI is InChI=1S/C55H104O9S12Si3/c1-15-50-35-30-44(38-50)41-53(50,77(56-18-4,57-19-5)58-20-6)68-74-71-65-47(66-72-75-69-54(42-45-31-36-51(54,16-2)39-45)78(59-21-7,60-22-8)61-23-9)49(14,48(13)33-28-27-29-34-48)67-73-76-70-55(43-46-32-37-52(55,17-3)40-46)79(62-24-10,63-25-11)64-26-12/h44-47H,15-43H2,1-14H3. The van der Waals surface area contributed by atoms with Crippen molar-refractivity contribution in [3.8, 4) is 0 Å². The second kappa shape index (κ2) is 31.2. The Morgan fingerprint density at radius 2 is 0.684 bits per heavy atom. The van der Waals surface area contributed by atoms with Gasteiger partial charge in [-0.05, 0) is 277 Å². The van der Waals surface area contributed by atoms with E-state index in [0.717, 1.165) is 38.5 Å². The molecular weight excluding hydrogens is 1270 g/mol. The van der Waals surface area contributed by atoms with E-state index < -0.39 is 26.4 Å². The van der Waals surface area contributed by atoms with Crippen molar-refractivity contribution in [2.24, 2.45) is 39.4 Å². The molecule has 7 fully saturated rings. The molecule has 7 aliphatic carbocycles. The minimum Gasteiger partial charge on any atom is -0.373 e. The van der Waals surface area contributed by atoms with Gasteiger partial charge in [0.05, 0.1) is 9.33 Å². The fraction of sp³-hybridized carbons (Fsp3) is 1.00. The second-order valence-corrected chi connectivity index (χ2v) is 52.5. The first-order chi connectivity index (χ1) is 38.1. The maximum absolute atomic E-state index is 6.99. The van der Waals surface area contributed by atoms with Crippen molar-refractivity contribution in [1.82, 2.24) is 0 Å². The van der Waals surface area contributed by atoms with Crippen LogP contribution in [0.4, 0.5) is 0 Å². The molecular formula is C55H104O9S12Si3. The third-order valence-electron chi connectivity index (χ3n) is 20.6. The molecule has 0 amide bonds. The van der Waals surface area contributed by atoms with Crippen LogP contribution in [0.1, 0.15) is 225 Å². The van der Waals surface area contributed by atoms with E-state index >= 15 is 0 Å². The molecule has 7 rings (SSSR count). The number of hydrogen-bond acceptors (Lipinski definition) is 21. The van der Waals surface area contributed by atoms with Gasteiger partial charge in [0.15, 0.2) is 0 Å². The van der Waals surface area contributed by atoms with Gasteiger partial charge in [0.2, 0.25) is 0 Å². The third kappa shape index (κ3) is 13.2. The molecule has 24 heteroatoms. The summed E-state index contributed by atoms with van der Waals surface area (Å²) >= 11 is 0. The Kier molecular flexibility index (Phi) is 28.0. The Labute approximate surface area is 531 Å². The summed E-state index contributed by atoms with van der Waals surface area (Å²) in [7, 11) is 15.4. The van der Waals surface area contributed by atoms with Gasteiger partial charge in [-0.3, -0.25) is 0 Å². The zero-order valence-corrected chi connectivity index (χ0v) is 63.7. The summed E-state index contributed by atoms with van der Waals surface area (Å²) in [6.07, 6.45) is 24.6. The summed E-state index contributed by atoms with van der Waals surface area (Å²) in [4.78, 5) is 0. The first-order valence-corrected chi connectivity index (χ1v) is 50.6. The van der Waals surface area contributed by atoms with E-state index in [0.29, 0.717) is 77.2 Å². The van der Waals surface area contributed by atoms with Gasteiger partial charge in [-0.25, -0.2) is 0 Å². The Hall–Kier alpha value is 4.49. The molecule has 0 heterocycles. The van der Waals surface area contributed by atoms with Crippen molar-refractivity contribution in [1.29, 1.82) is 0 Å². The number of fused-ring (bicyclic) bond motifs is 6. The predicted octanol–water partition coefficient (Wildman–Crippen LogP) is 20.9. The molecule has 6 bridgehead atoms. The van der Waals surface area contributed by atoms with Crippen LogP contribution in [0.2, 0.25) is 0 Å². The van der Waals surface area contributed by atoms with Crippen LogP contribution >= 0.6 is 124 Å². The predicted molar refractivity (Wildman–Crippen MR) is 369 cm³/mol. The minimum atomic E-state index is -3.15. The summed E-state index contributed by atoms with van der Waals surface area (Å²) < 4.78 is 62.4. The molecule has 10 unspecified atom stereocenters. The van der Waals surface area contributed by atoms with Gasteiger partial charge in [-0.2, -0.15) is 0 Å². The Morgan fingerprint density at radius 3 is 0.949 bits per heavy atom. The smallest absolute Gasteiger partial charge is 0.373 e. The molecule has 0 N–H and O–H groups in total. The molecule has 0 aromatic rings. The molecule has 79 heavy (non-hydrogen) atoms. The van der Waals surface area contributed by atoms with Crippen LogP contribution in [-0.2, 0) is 39.8 Å². The monoisotopic (exact) mass is 1380 g/mol. The minimum absolute atomic E-state index is 0.0968. The summed E-state index contributed by atoms with van der Waals surface area (Å²) in [5.41, 5.74) is 0.561. The van der Waals surface area contributed by atoms with Crippen molar-refractivity contribution in [2.45, 2.75) is 248 Å². The van der Waals surface area contributed by atoms with E-state index in [2.05, 4.69) is 162 Å². The summed E-state index contributed by atoms with van der Waals surface area (Å²) in [5, 5.41) is 0. The molecule has 9 nitrogen and oxygen atoms in total. The molecule has 0 spiro atoms. The van der Waals surface area contributed by atoms with Crippen LogP contribution < -0.4 is 0 Å². The maximum atomic E-state index is 6.99. The van der Waals surface area contributed by atoms with Crippen LogP contribution in [-0.4, -0.2) is 108 Å². The summed E-state index contributed by atoms with van der Waals surface area (Å²) in [6, 6.07) is 0. The molecule has 10 atom stereocenters. The third-order valence-corrected chi connectivity index (χ3v) is 59.9. The number of rotatable bonds is 41. The highest BCUT2D eigenvalue weighted by atomic mass is 33.7. The normalized spacial score (nSPS) is 34.3. The average molecular weight is 1380 g/mol. The fourth-order valence-electron chi connectivity index (χ4n) is 16.9. The largest absolute Gasteiger partial charge is 0.519 e. The average Bonchev–Trinajstić information content (AvgIpc) is 4.34. The topological polar surface area (TPSA) is 83.1 Å². The van der Waals surface area contributed by atoms with Gasteiger partial charge in [0, 0.05) is 59.5 Å². The van der Waals surface area contributed by atoms with E-state index in [4.69, 9.17) is 39.8 Å². The van der Waals surface area contributed by atoms with Crippen LogP contribution in [0.5, 0.6) is 0 Å². The first-order valence-electron chi connectivity index (χ1n) is 30.9. The summed E-state index contributed by atoms with van der Waals surface area (Å²) in [6.45, 7) is 37.4. The van der Waals surface area contributed by atoms with Gasteiger partial charge in [0.25, 0.3) is 0 Å². The van der Waals surface area contributed by atoms with Crippen LogP contribution in [0.3, 0.4) is 0 Å². The van der Waals surface area contributed by atoms with Crippen molar-refractivity contribution < 1.29 is 39.8 Å².